The van der Waals surface area contributed by atoms with Gasteiger partial charge in [-0.3, -0.25) is 9.78 Å². The molecule has 0 atom stereocenters. The fraction of sp³-hybridized carbons (Fsp3) is 0.0714. The highest BCUT2D eigenvalue weighted by molar-refractivity contribution is 9.11. The van der Waals surface area contributed by atoms with E-state index in [4.69, 9.17) is 0 Å². The summed E-state index contributed by atoms with van der Waals surface area (Å²) >= 11 is 4.99. The van der Waals surface area contributed by atoms with Crippen molar-refractivity contribution < 1.29 is 4.79 Å². The van der Waals surface area contributed by atoms with E-state index < -0.39 is 0 Å². The van der Waals surface area contributed by atoms with E-state index in [-0.39, 0.29) is 5.91 Å². The fourth-order valence-corrected chi connectivity index (χ4v) is 3.19. The average molecular weight is 348 g/mol. The van der Waals surface area contributed by atoms with Gasteiger partial charge in [-0.1, -0.05) is 12.1 Å². The molecule has 0 saturated heterocycles. The monoisotopic (exact) mass is 347 g/mol. The van der Waals surface area contributed by atoms with Crippen LogP contribution in [0.15, 0.2) is 46.4 Å². The number of carbonyl (C=O) groups excluding carboxylic acids is 1. The maximum absolute atomic E-state index is 12.0. The normalized spacial score (nSPS) is 10.7. The predicted molar refractivity (Wildman–Crippen MR) is 82.7 cm³/mol. The Morgan fingerprint density at radius 1 is 1.20 bits per heavy atom. The van der Waals surface area contributed by atoms with Crippen LogP contribution in [0.2, 0.25) is 0 Å². The van der Waals surface area contributed by atoms with Crippen molar-refractivity contribution in [3.05, 3.63) is 57.0 Å². The molecular weight excluding hydrogens is 338 g/mol. The van der Waals surface area contributed by atoms with Crippen molar-refractivity contribution in [2.75, 3.05) is 0 Å². The second-order valence-electron chi connectivity index (χ2n) is 4.13. The van der Waals surface area contributed by atoms with Crippen LogP contribution in [-0.2, 0) is 6.54 Å². The number of amides is 1. The van der Waals surface area contributed by atoms with Crippen LogP contribution in [0.3, 0.4) is 0 Å². The molecule has 2 heterocycles. The number of aromatic nitrogens is 2. The van der Waals surface area contributed by atoms with Gasteiger partial charge in [0, 0.05) is 4.88 Å². The van der Waals surface area contributed by atoms with E-state index in [1.807, 2.05) is 36.4 Å². The Labute approximate surface area is 128 Å². The Balaban J connectivity index is 1.75. The van der Waals surface area contributed by atoms with Gasteiger partial charge in [0.15, 0.2) is 0 Å². The number of benzene rings is 1. The summed E-state index contributed by atoms with van der Waals surface area (Å²) in [5.74, 6) is -0.215. The first-order chi connectivity index (χ1) is 9.72. The van der Waals surface area contributed by atoms with Gasteiger partial charge in [-0.25, -0.2) is 4.98 Å². The minimum atomic E-state index is -0.215. The Kier molecular flexibility index (Phi) is 3.75. The van der Waals surface area contributed by atoms with E-state index >= 15 is 0 Å². The first-order valence-electron chi connectivity index (χ1n) is 5.96. The third kappa shape index (κ3) is 2.86. The second kappa shape index (κ2) is 5.68. The topological polar surface area (TPSA) is 54.9 Å². The van der Waals surface area contributed by atoms with Crippen molar-refractivity contribution in [3.63, 3.8) is 0 Å². The molecule has 0 spiro atoms. The summed E-state index contributed by atoms with van der Waals surface area (Å²) in [6, 6.07) is 11.4. The van der Waals surface area contributed by atoms with Crippen molar-refractivity contribution in [2.24, 2.45) is 0 Å². The second-order valence-corrected chi connectivity index (χ2v) is 6.68. The molecule has 4 nitrogen and oxygen atoms in total. The molecule has 0 aliphatic heterocycles. The number of rotatable bonds is 3. The predicted octanol–water partition coefficient (Wildman–Crippen LogP) is 3.38. The summed E-state index contributed by atoms with van der Waals surface area (Å²) in [4.78, 5) is 21.7. The molecule has 0 bridgehead atoms. The molecule has 1 N–H and O–H groups in total. The quantitative estimate of drug-likeness (QED) is 0.790. The summed E-state index contributed by atoms with van der Waals surface area (Å²) in [7, 11) is 0. The largest absolute Gasteiger partial charge is 0.346 e. The number of hydrogen-bond acceptors (Lipinski definition) is 4. The van der Waals surface area contributed by atoms with Gasteiger partial charge < -0.3 is 5.32 Å². The number of nitrogens with zero attached hydrogens (tertiary/aromatic N) is 2. The highest BCUT2D eigenvalue weighted by Gasteiger charge is 2.09. The number of hydrogen-bond donors (Lipinski definition) is 1. The fourth-order valence-electron chi connectivity index (χ4n) is 1.77. The van der Waals surface area contributed by atoms with Gasteiger partial charge in [0.1, 0.15) is 5.69 Å². The Morgan fingerprint density at radius 3 is 2.75 bits per heavy atom. The van der Waals surface area contributed by atoms with Crippen LogP contribution in [0.4, 0.5) is 0 Å². The summed E-state index contributed by atoms with van der Waals surface area (Å²) in [5, 5.41) is 2.84. The molecule has 100 valence electrons. The van der Waals surface area contributed by atoms with E-state index in [1.54, 1.807) is 11.3 Å². The van der Waals surface area contributed by atoms with E-state index in [2.05, 4.69) is 31.2 Å². The Hall–Kier alpha value is -1.79. The molecule has 0 aliphatic rings. The molecule has 3 rings (SSSR count). The van der Waals surface area contributed by atoms with Gasteiger partial charge in [0.25, 0.3) is 5.91 Å². The van der Waals surface area contributed by atoms with Gasteiger partial charge in [-0.2, -0.15) is 0 Å². The lowest BCUT2D eigenvalue weighted by Gasteiger charge is -2.03. The first-order valence-corrected chi connectivity index (χ1v) is 7.57. The molecular formula is C14H10BrN3OS. The maximum atomic E-state index is 12.0. The van der Waals surface area contributed by atoms with Crippen LogP contribution in [0, 0.1) is 0 Å². The van der Waals surface area contributed by atoms with Crippen LogP contribution in [0.1, 0.15) is 15.4 Å². The zero-order valence-electron chi connectivity index (χ0n) is 10.3. The summed E-state index contributed by atoms with van der Waals surface area (Å²) in [6.45, 7) is 0.490. The molecule has 0 saturated carbocycles. The summed E-state index contributed by atoms with van der Waals surface area (Å²) in [5.41, 5.74) is 1.84. The van der Waals surface area contributed by atoms with Crippen molar-refractivity contribution in [1.82, 2.24) is 15.3 Å². The summed E-state index contributed by atoms with van der Waals surface area (Å²) < 4.78 is 1.05. The van der Waals surface area contributed by atoms with Crippen LogP contribution < -0.4 is 5.32 Å². The molecule has 20 heavy (non-hydrogen) atoms. The Bertz CT molecular complexity index is 772. The highest BCUT2D eigenvalue weighted by Crippen LogP contribution is 2.21. The number of halogens is 1. The molecule has 3 aromatic rings. The molecule has 2 aromatic heterocycles. The standard InChI is InChI=1S/C14H10BrN3OS/c15-13-6-5-9(20-13)7-17-14(19)12-8-16-10-3-1-2-4-11(10)18-12/h1-6,8H,7H2,(H,17,19). The molecule has 6 heteroatoms. The van der Waals surface area contributed by atoms with E-state index in [0.717, 1.165) is 19.7 Å². The lowest BCUT2D eigenvalue weighted by atomic mass is 10.3. The van der Waals surface area contributed by atoms with E-state index in [1.165, 1.54) is 6.20 Å². The number of carbonyl (C=O) groups is 1. The van der Waals surface area contributed by atoms with E-state index in [9.17, 15) is 4.79 Å². The first kappa shape index (κ1) is 13.2. The Morgan fingerprint density at radius 2 is 2.00 bits per heavy atom. The minimum Gasteiger partial charge on any atom is -0.346 e. The van der Waals surface area contributed by atoms with Crippen molar-refractivity contribution >= 4 is 44.2 Å². The number of nitrogens with one attached hydrogen (secondary N) is 1. The van der Waals surface area contributed by atoms with Crippen molar-refractivity contribution in [2.45, 2.75) is 6.54 Å². The van der Waals surface area contributed by atoms with Gasteiger partial charge in [-0.05, 0) is 40.2 Å². The number of thiophene rings is 1. The zero-order chi connectivity index (χ0) is 13.9. The smallest absolute Gasteiger partial charge is 0.271 e. The maximum Gasteiger partial charge on any atom is 0.271 e. The summed E-state index contributed by atoms with van der Waals surface area (Å²) in [6.07, 6.45) is 1.50. The SMILES string of the molecule is O=C(NCc1ccc(Br)s1)c1cnc2ccccc2n1. The van der Waals surface area contributed by atoms with Gasteiger partial charge >= 0.3 is 0 Å². The molecule has 0 unspecified atom stereocenters. The van der Waals surface area contributed by atoms with Gasteiger partial charge in [-0.15, -0.1) is 11.3 Å². The van der Waals surface area contributed by atoms with Crippen LogP contribution in [0.5, 0.6) is 0 Å². The van der Waals surface area contributed by atoms with Crippen LogP contribution in [-0.4, -0.2) is 15.9 Å². The molecule has 1 aromatic carbocycles. The van der Waals surface area contributed by atoms with Crippen LogP contribution in [0.25, 0.3) is 11.0 Å². The number of para-hydroxylation sites is 2. The molecule has 0 fully saturated rings. The van der Waals surface area contributed by atoms with Gasteiger partial charge in [0.2, 0.25) is 0 Å². The highest BCUT2D eigenvalue weighted by atomic mass is 79.9. The minimum absolute atomic E-state index is 0.215. The van der Waals surface area contributed by atoms with Crippen molar-refractivity contribution in [1.29, 1.82) is 0 Å². The number of fused-ring (bicyclic) bond motifs is 1. The lowest BCUT2D eigenvalue weighted by molar-refractivity contribution is 0.0946. The third-order valence-electron chi connectivity index (χ3n) is 2.73. The molecule has 0 radical (unpaired) electrons. The molecule has 1 amide bonds. The van der Waals surface area contributed by atoms with E-state index in [0.29, 0.717) is 12.2 Å². The van der Waals surface area contributed by atoms with Crippen LogP contribution >= 0.6 is 27.3 Å². The molecule has 0 aliphatic carbocycles. The zero-order valence-corrected chi connectivity index (χ0v) is 12.7. The average Bonchev–Trinajstić information content (AvgIpc) is 2.90. The third-order valence-corrected chi connectivity index (χ3v) is 4.36. The van der Waals surface area contributed by atoms with Crippen molar-refractivity contribution in [3.8, 4) is 0 Å². The van der Waals surface area contributed by atoms with Gasteiger partial charge in [0.05, 0.1) is 27.6 Å². The lowest BCUT2D eigenvalue weighted by Crippen LogP contribution is -2.23.